The van der Waals surface area contributed by atoms with Crippen LogP contribution in [0.1, 0.15) is 87.6 Å². The van der Waals surface area contributed by atoms with E-state index in [1.54, 1.807) is 9.80 Å². The summed E-state index contributed by atoms with van der Waals surface area (Å²) in [5.74, 6) is -0.491. The number of anilines is 1. The number of carbonyl (C=O) groups is 4. The smallest absolute Gasteiger partial charge is 0.415 e. The molecule has 3 aliphatic heterocycles. The zero-order valence-electron chi connectivity index (χ0n) is 30.1. The number of rotatable bonds is 5. The molecule has 0 aromatic heterocycles. The number of methoxy groups -OCH3 is 1. The molecule has 51 heavy (non-hydrogen) atoms. The predicted molar refractivity (Wildman–Crippen MR) is 194 cm³/mol. The van der Waals surface area contributed by atoms with Crippen molar-refractivity contribution in [3.63, 3.8) is 0 Å². The van der Waals surface area contributed by atoms with Gasteiger partial charge < -0.3 is 19.3 Å². The second-order valence-electron chi connectivity index (χ2n) is 15.7. The van der Waals surface area contributed by atoms with Gasteiger partial charge in [0.1, 0.15) is 24.2 Å². The molecular formula is C42H49N3O6. The highest BCUT2D eigenvalue weighted by atomic mass is 16.6. The summed E-state index contributed by atoms with van der Waals surface area (Å²) in [6.45, 7) is 7.04. The van der Waals surface area contributed by atoms with E-state index in [0.29, 0.717) is 37.3 Å². The average molecular weight is 692 g/mol. The highest BCUT2D eigenvalue weighted by Gasteiger charge is 2.51. The molecule has 0 spiro atoms. The Morgan fingerprint density at radius 3 is 1.98 bits per heavy atom. The molecule has 3 heterocycles. The van der Waals surface area contributed by atoms with Crippen LogP contribution in [0.25, 0.3) is 0 Å². The van der Waals surface area contributed by atoms with Gasteiger partial charge in [0.25, 0.3) is 0 Å². The van der Waals surface area contributed by atoms with Crippen molar-refractivity contribution in [3.8, 4) is 0 Å². The van der Waals surface area contributed by atoms with Crippen molar-refractivity contribution in [3.05, 3.63) is 101 Å². The molecule has 4 atom stereocenters. The third-order valence-electron chi connectivity index (χ3n) is 11.7. The number of nitrogens with zero attached hydrogens (tertiary/aromatic N) is 3. The standard InChI is InChI=1S/C42H49N3O6/c1-42(2,3)31-18-20-32(21-19-31)51-41(49)45-33-17-11-10-15-29(33)25-36(45)39(47)44-34(27-12-6-5-7-13-27)22-23-35(44)38(46)43-26-30-16-9-8-14-28(30)24-37(43)40(48)50-4/h5-17,31-32,34-37H,18-26H2,1-4H3/t31?,32?,34-,35+,36+,37+/m0/s1. The molecule has 268 valence electrons. The molecule has 3 amide bonds. The van der Waals surface area contributed by atoms with Gasteiger partial charge in [-0.25, -0.2) is 9.59 Å². The Kier molecular flexibility index (Phi) is 9.66. The van der Waals surface area contributed by atoms with Crippen molar-refractivity contribution < 1.29 is 28.7 Å². The van der Waals surface area contributed by atoms with Gasteiger partial charge in [0.2, 0.25) is 11.8 Å². The van der Waals surface area contributed by atoms with Crippen molar-refractivity contribution in [2.24, 2.45) is 11.3 Å². The highest BCUT2D eigenvalue weighted by Crippen LogP contribution is 2.43. The van der Waals surface area contributed by atoms with Crippen LogP contribution in [0, 0.1) is 11.3 Å². The second-order valence-corrected chi connectivity index (χ2v) is 15.7. The normalized spacial score (nSPS) is 25.9. The summed E-state index contributed by atoms with van der Waals surface area (Å²) in [6, 6.07) is 22.3. The zero-order valence-corrected chi connectivity index (χ0v) is 30.1. The fourth-order valence-corrected chi connectivity index (χ4v) is 8.88. The Labute approximate surface area is 300 Å². The minimum Gasteiger partial charge on any atom is -0.467 e. The maximum absolute atomic E-state index is 15.1. The number of para-hydroxylation sites is 1. The summed E-state index contributed by atoms with van der Waals surface area (Å²) in [7, 11) is 1.34. The lowest BCUT2D eigenvalue weighted by Crippen LogP contribution is -2.58. The van der Waals surface area contributed by atoms with Gasteiger partial charge in [0.15, 0.2) is 0 Å². The van der Waals surface area contributed by atoms with Gasteiger partial charge in [0, 0.05) is 19.4 Å². The molecule has 9 nitrogen and oxygen atoms in total. The van der Waals surface area contributed by atoms with Crippen LogP contribution in [-0.2, 0) is 43.2 Å². The van der Waals surface area contributed by atoms with E-state index in [-0.39, 0.29) is 35.9 Å². The molecule has 0 N–H and O–H groups in total. The molecule has 1 saturated heterocycles. The molecule has 4 aliphatic rings. The molecule has 2 fully saturated rings. The zero-order chi connectivity index (χ0) is 35.9. The monoisotopic (exact) mass is 691 g/mol. The van der Waals surface area contributed by atoms with Crippen molar-refractivity contribution in [2.45, 2.75) is 109 Å². The van der Waals surface area contributed by atoms with E-state index >= 15 is 4.79 Å². The van der Waals surface area contributed by atoms with Gasteiger partial charge >= 0.3 is 12.1 Å². The van der Waals surface area contributed by atoms with E-state index in [4.69, 9.17) is 9.47 Å². The molecule has 7 rings (SSSR count). The van der Waals surface area contributed by atoms with E-state index in [1.165, 1.54) is 12.0 Å². The van der Waals surface area contributed by atoms with Crippen LogP contribution in [0.5, 0.6) is 0 Å². The van der Waals surface area contributed by atoms with Crippen LogP contribution in [-0.4, -0.2) is 65.0 Å². The average Bonchev–Trinajstić information content (AvgIpc) is 3.76. The van der Waals surface area contributed by atoms with Gasteiger partial charge in [-0.05, 0) is 78.2 Å². The molecule has 0 bridgehead atoms. The molecule has 0 radical (unpaired) electrons. The van der Waals surface area contributed by atoms with Crippen LogP contribution in [0.4, 0.5) is 10.5 Å². The van der Waals surface area contributed by atoms with Gasteiger partial charge in [-0.15, -0.1) is 0 Å². The Balaban J connectivity index is 1.20. The largest absolute Gasteiger partial charge is 0.467 e. The number of likely N-dealkylation sites (tertiary alicyclic amines) is 1. The van der Waals surface area contributed by atoms with E-state index < -0.39 is 30.2 Å². The van der Waals surface area contributed by atoms with Gasteiger partial charge in [0.05, 0.1) is 18.8 Å². The summed E-state index contributed by atoms with van der Waals surface area (Å²) in [6.07, 6.45) is 4.49. The summed E-state index contributed by atoms with van der Waals surface area (Å²) in [5.41, 5.74) is 4.66. The first-order valence-corrected chi connectivity index (χ1v) is 18.4. The van der Waals surface area contributed by atoms with Crippen molar-refractivity contribution in [1.82, 2.24) is 9.80 Å². The fraction of sp³-hybridized carbons (Fsp3) is 0.476. The molecular weight excluding hydrogens is 642 g/mol. The van der Waals surface area contributed by atoms with Gasteiger partial charge in [-0.1, -0.05) is 93.6 Å². The van der Waals surface area contributed by atoms with Crippen molar-refractivity contribution in [1.29, 1.82) is 0 Å². The first-order valence-electron chi connectivity index (χ1n) is 18.4. The van der Waals surface area contributed by atoms with Crippen LogP contribution >= 0.6 is 0 Å². The second kappa shape index (κ2) is 14.2. The Morgan fingerprint density at radius 1 is 0.667 bits per heavy atom. The number of benzene rings is 3. The summed E-state index contributed by atoms with van der Waals surface area (Å²) < 4.78 is 11.4. The molecule has 3 aromatic rings. The topological polar surface area (TPSA) is 96.5 Å². The van der Waals surface area contributed by atoms with Crippen LogP contribution < -0.4 is 4.90 Å². The maximum atomic E-state index is 15.1. The number of fused-ring (bicyclic) bond motifs is 2. The van der Waals surface area contributed by atoms with E-state index in [9.17, 15) is 14.4 Å². The van der Waals surface area contributed by atoms with Crippen molar-refractivity contribution >= 4 is 29.6 Å². The predicted octanol–water partition coefficient (Wildman–Crippen LogP) is 7.02. The molecule has 9 heteroatoms. The number of carbonyl (C=O) groups excluding carboxylic acids is 4. The third-order valence-corrected chi connectivity index (χ3v) is 11.7. The molecule has 0 unspecified atom stereocenters. The number of hydrogen-bond acceptors (Lipinski definition) is 6. The molecule has 1 aliphatic carbocycles. The van der Waals surface area contributed by atoms with Crippen molar-refractivity contribution in [2.75, 3.05) is 12.0 Å². The fourth-order valence-electron chi connectivity index (χ4n) is 8.88. The van der Waals surface area contributed by atoms with Crippen LogP contribution in [0.2, 0.25) is 0 Å². The SMILES string of the molecule is COC(=O)[C@H]1Cc2ccccc2CN1C(=O)[C@H]1CC[C@@H](c2ccccc2)N1C(=O)[C@H]1Cc2ccccc2N1C(=O)OC1CCC(C(C)(C)C)CC1. The van der Waals surface area contributed by atoms with Crippen LogP contribution in [0.3, 0.4) is 0 Å². The van der Waals surface area contributed by atoms with Gasteiger partial charge in [-0.2, -0.15) is 0 Å². The summed E-state index contributed by atoms with van der Waals surface area (Å²) >= 11 is 0. The third kappa shape index (κ3) is 6.75. The molecule has 1 saturated carbocycles. The Bertz CT molecular complexity index is 1780. The first-order chi connectivity index (χ1) is 24.5. The lowest BCUT2D eigenvalue weighted by molar-refractivity contribution is -0.157. The lowest BCUT2D eigenvalue weighted by atomic mass is 9.72. The number of hydrogen-bond donors (Lipinski definition) is 0. The Hall–Kier alpha value is -4.66. The van der Waals surface area contributed by atoms with E-state index in [1.807, 2.05) is 78.9 Å². The first kappa shape index (κ1) is 34.8. The Morgan fingerprint density at radius 2 is 1.29 bits per heavy atom. The van der Waals surface area contributed by atoms with Gasteiger partial charge in [-0.3, -0.25) is 14.5 Å². The van der Waals surface area contributed by atoms with E-state index in [0.717, 1.165) is 47.9 Å². The lowest BCUT2D eigenvalue weighted by Gasteiger charge is -2.40. The summed E-state index contributed by atoms with van der Waals surface area (Å²) in [4.78, 5) is 62.0. The minimum absolute atomic E-state index is 0.202. The quantitative estimate of drug-likeness (QED) is 0.267. The van der Waals surface area contributed by atoms with E-state index in [2.05, 4.69) is 20.8 Å². The summed E-state index contributed by atoms with van der Waals surface area (Å²) in [5, 5.41) is 0. The maximum Gasteiger partial charge on any atom is 0.415 e. The van der Waals surface area contributed by atoms with Crippen LogP contribution in [0.15, 0.2) is 78.9 Å². The minimum atomic E-state index is -0.876. The molecule has 3 aromatic carbocycles. The number of esters is 1. The number of amides is 3. The highest BCUT2D eigenvalue weighted by molar-refractivity contribution is 6.02. The number of ether oxygens (including phenoxy) is 2.